The molecule has 0 aliphatic carbocycles. The molecule has 2 unspecified atom stereocenters. The molecular weight excluding hydrogens is 291 g/mol. The van der Waals surface area contributed by atoms with Crippen molar-refractivity contribution in [1.29, 1.82) is 0 Å². The first kappa shape index (κ1) is 15.4. The standard InChI is InChI=1S/C13H14F3NO4/c14-13(15,16)8-2-1-3-9(4-8)20-10-5-11(7-19-6-10)21-12(17)18/h1-4,10-11H,5-7H2,(H2,17,18). The van der Waals surface area contributed by atoms with E-state index in [9.17, 15) is 18.0 Å². The Labute approximate surface area is 118 Å². The van der Waals surface area contributed by atoms with Crippen LogP contribution >= 0.6 is 0 Å². The minimum absolute atomic E-state index is 0.0816. The van der Waals surface area contributed by atoms with Crippen LogP contribution in [-0.4, -0.2) is 31.5 Å². The SMILES string of the molecule is NC(=O)OC1COCC(Oc2cccc(C(F)(F)F)c2)C1. The molecule has 0 aromatic heterocycles. The average Bonchev–Trinajstić information content (AvgIpc) is 2.37. The number of carbonyl (C=O) groups is 1. The van der Waals surface area contributed by atoms with E-state index in [0.29, 0.717) is 6.42 Å². The van der Waals surface area contributed by atoms with Crippen LogP contribution in [0.3, 0.4) is 0 Å². The van der Waals surface area contributed by atoms with Crippen LogP contribution in [0.15, 0.2) is 24.3 Å². The smallest absolute Gasteiger partial charge is 0.416 e. The molecule has 1 saturated heterocycles. The number of carbonyl (C=O) groups excluding carboxylic acids is 1. The molecule has 5 nitrogen and oxygen atoms in total. The van der Waals surface area contributed by atoms with Crippen LogP contribution in [0.5, 0.6) is 5.75 Å². The van der Waals surface area contributed by atoms with Crippen molar-refractivity contribution in [2.24, 2.45) is 5.73 Å². The molecule has 2 atom stereocenters. The fourth-order valence-corrected chi connectivity index (χ4v) is 2.03. The molecular formula is C13H14F3NO4. The summed E-state index contributed by atoms with van der Waals surface area (Å²) in [5.41, 5.74) is 4.12. The second-order valence-electron chi connectivity index (χ2n) is 4.60. The van der Waals surface area contributed by atoms with Crippen molar-refractivity contribution in [1.82, 2.24) is 0 Å². The Balaban J connectivity index is 1.99. The highest BCUT2D eigenvalue weighted by Crippen LogP contribution is 2.31. The molecule has 1 fully saturated rings. The van der Waals surface area contributed by atoms with Gasteiger partial charge in [0.2, 0.25) is 0 Å². The summed E-state index contributed by atoms with van der Waals surface area (Å²) in [5, 5.41) is 0. The van der Waals surface area contributed by atoms with E-state index in [4.69, 9.17) is 19.9 Å². The van der Waals surface area contributed by atoms with Crippen molar-refractivity contribution >= 4 is 6.09 Å². The molecule has 0 radical (unpaired) electrons. The number of rotatable bonds is 3. The van der Waals surface area contributed by atoms with Crippen LogP contribution < -0.4 is 10.5 Å². The van der Waals surface area contributed by atoms with Crippen LogP contribution in [0, 0.1) is 0 Å². The Morgan fingerprint density at radius 2 is 2.00 bits per heavy atom. The molecule has 1 amide bonds. The molecule has 1 aromatic carbocycles. The minimum Gasteiger partial charge on any atom is -0.488 e. The van der Waals surface area contributed by atoms with Gasteiger partial charge in [0.1, 0.15) is 18.0 Å². The van der Waals surface area contributed by atoms with Crippen LogP contribution in [0.25, 0.3) is 0 Å². The number of hydrogen-bond acceptors (Lipinski definition) is 4. The summed E-state index contributed by atoms with van der Waals surface area (Å²) < 4.78 is 53.2. The van der Waals surface area contributed by atoms with E-state index in [1.807, 2.05) is 0 Å². The predicted octanol–water partition coefficient (Wildman–Crippen LogP) is 2.34. The number of primary amides is 1. The van der Waals surface area contributed by atoms with E-state index >= 15 is 0 Å². The van der Waals surface area contributed by atoms with E-state index in [2.05, 4.69) is 0 Å². The second-order valence-corrected chi connectivity index (χ2v) is 4.60. The first-order chi connectivity index (χ1) is 9.84. The summed E-state index contributed by atoms with van der Waals surface area (Å²) in [6, 6.07) is 4.56. The van der Waals surface area contributed by atoms with Gasteiger partial charge >= 0.3 is 12.3 Å². The van der Waals surface area contributed by atoms with Gasteiger partial charge in [-0.25, -0.2) is 4.79 Å². The Bertz CT molecular complexity index is 506. The highest BCUT2D eigenvalue weighted by Gasteiger charge is 2.31. The molecule has 0 bridgehead atoms. The van der Waals surface area contributed by atoms with Crippen LogP contribution in [-0.2, 0) is 15.7 Å². The maximum Gasteiger partial charge on any atom is 0.416 e. The molecule has 1 aliphatic heterocycles. The fourth-order valence-electron chi connectivity index (χ4n) is 2.03. The summed E-state index contributed by atoms with van der Waals surface area (Å²) in [6.45, 7) is 0.389. The third kappa shape index (κ3) is 4.52. The van der Waals surface area contributed by atoms with Gasteiger partial charge in [-0.3, -0.25) is 0 Å². The molecule has 2 N–H and O–H groups in total. The van der Waals surface area contributed by atoms with Crippen molar-refractivity contribution in [2.45, 2.75) is 24.8 Å². The number of ether oxygens (including phenoxy) is 3. The molecule has 0 spiro atoms. The molecule has 2 rings (SSSR count). The van der Waals surface area contributed by atoms with Gasteiger partial charge < -0.3 is 19.9 Å². The average molecular weight is 305 g/mol. The van der Waals surface area contributed by atoms with Gasteiger partial charge in [0.25, 0.3) is 0 Å². The molecule has 1 heterocycles. The first-order valence-corrected chi connectivity index (χ1v) is 6.22. The molecule has 116 valence electrons. The summed E-state index contributed by atoms with van der Waals surface area (Å²) in [7, 11) is 0. The van der Waals surface area contributed by atoms with Gasteiger partial charge in [-0.2, -0.15) is 13.2 Å². The summed E-state index contributed by atoms with van der Waals surface area (Å²) in [4.78, 5) is 10.7. The van der Waals surface area contributed by atoms with Gasteiger partial charge in [-0.15, -0.1) is 0 Å². The highest BCUT2D eigenvalue weighted by atomic mass is 19.4. The zero-order chi connectivity index (χ0) is 15.5. The Morgan fingerprint density at radius 3 is 2.67 bits per heavy atom. The van der Waals surface area contributed by atoms with Gasteiger partial charge in [0, 0.05) is 6.42 Å². The minimum atomic E-state index is -4.43. The van der Waals surface area contributed by atoms with Crippen LogP contribution in [0.4, 0.5) is 18.0 Å². The molecule has 1 aromatic rings. The van der Waals surface area contributed by atoms with Crippen molar-refractivity contribution in [3.63, 3.8) is 0 Å². The molecule has 1 aliphatic rings. The van der Waals surface area contributed by atoms with Crippen LogP contribution in [0.1, 0.15) is 12.0 Å². The Hall–Kier alpha value is -1.96. The first-order valence-electron chi connectivity index (χ1n) is 6.22. The largest absolute Gasteiger partial charge is 0.488 e. The number of nitrogens with two attached hydrogens (primary N) is 1. The molecule has 8 heteroatoms. The third-order valence-corrected chi connectivity index (χ3v) is 2.88. The van der Waals surface area contributed by atoms with E-state index in [-0.39, 0.29) is 19.0 Å². The summed E-state index contributed by atoms with van der Waals surface area (Å²) in [5.74, 6) is 0.0816. The number of benzene rings is 1. The Kier molecular flexibility index (Phi) is 4.56. The third-order valence-electron chi connectivity index (χ3n) is 2.88. The van der Waals surface area contributed by atoms with Crippen molar-refractivity contribution in [3.05, 3.63) is 29.8 Å². The predicted molar refractivity (Wildman–Crippen MR) is 65.8 cm³/mol. The normalized spacial score (nSPS) is 22.6. The van der Waals surface area contributed by atoms with Crippen molar-refractivity contribution < 1.29 is 32.2 Å². The van der Waals surface area contributed by atoms with E-state index in [1.165, 1.54) is 12.1 Å². The number of hydrogen-bond donors (Lipinski definition) is 1. The number of alkyl halides is 3. The number of halogens is 3. The quantitative estimate of drug-likeness (QED) is 0.930. The Morgan fingerprint density at radius 1 is 1.29 bits per heavy atom. The maximum absolute atomic E-state index is 12.6. The van der Waals surface area contributed by atoms with Gasteiger partial charge in [0.05, 0.1) is 18.8 Å². The lowest BCUT2D eigenvalue weighted by atomic mass is 10.1. The zero-order valence-corrected chi connectivity index (χ0v) is 10.9. The van der Waals surface area contributed by atoms with E-state index in [0.717, 1.165) is 12.1 Å². The maximum atomic E-state index is 12.6. The lowest BCUT2D eigenvalue weighted by Gasteiger charge is -2.29. The monoisotopic (exact) mass is 305 g/mol. The lowest BCUT2D eigenvalue weighted by Crippen LogP contribution is -2.40. The lowest BCUT2D eigenvalue weighted by molar-refractivity contribution is -0.137. The van der Waals surface area contributed by atoms with E-state index < -0.39 is 30.0 Å². The summed E-state index contributed by atoms with van der Waals surface area (Å²) >= 11 is 0. The fraction of sp³-hybridized carbons (Fsp3) is 0.462. The summed E-state index contributed by atoms with van der Waals surface area (Å²) in [6.07, 6.45) is -6.12. The van der Waals surface area contributed by atoms with Gasteiger partial charge in [-0.1, -0.05) is 6.07 Å². The van der Waals surface area contributed by atoms with Crippen molar-refractivity contribution in [2.75, 3.05) is 13.2 Å². The highest BCUT2D eigenvalue weighted by molar-refractivity contribution is 5.64. The van der Waals surface area contributed by atoms with E-state index in [1.54, 1.807) is 0 Å². The zero-order valence-electron chi connectivity index (χ0n) is 10.9. The van der Waals surface area contributed by atoms with Crippen LogP contribution in [0.2, 0.25) is 0 Å². The molecule has 21 heavy (non-hydrogen) atoms. The van der Waals surface area contributed by atoms with Crippen molar-refractivity contribution in [3.8, 4) is 5.75 Å². The number of amides is 1. The second kappa shape index (κ2) is 6.21. The molecule has 0 saturated carbocycles. The topological polar surface area (TPSA) is 70.8 Å². The van der Waals surface area contributed by atoms with Gasteiger partial charge in [-0.05, 0) is 18.2 Å². The van der Waals surface area contributed by atoms with Gasteiger partial charge in [0.15, 0.2) is 0 Å².